The number of nitrogens with zero attached hydrogens (tertiary/aromatic N) is 1. The SMILES string of the molecule is CC12CCNCC1C=NN2. The third-order valence-electron chi connectivity index (χ3n) is 2.58. The fourth-order valence-electron chi connectivity index (χ4n) is 1.65. The van der Waals surface area contributed by atoms with E-state index in [1.165, 1.54) is 6.42 Å². The fourth-order valence-corrected chi connectivity index (χ4v) is 1.65. The number of rotatable bonds is 0. The summed E-state index contributed by atoms with van der Waals surface area (Å²) in [7, 11) is 0. The Balaban J connectivity index is 2.15. The first-order valence-electron chi connectivity index (χ1n) is 3.82. The highest BCUT2D eigenvalue weighted by atomic mass is 15.4. The second-order valence-electron chi connectivity index (χ2n) is 3.37. The average molecular weight is 139 g/mol. The lowest BCUT2D eigenvalue weighted by molar-refractivity contribution is 0.251. The van der Waals surface area contributed by atoms with Crippen LogP contribution in [0, 0.1) is 5.92 Å². The summed E-state index contributed by atoms with van der Waals surface area (Å²) in [6.45, 7) is 4.43. The molecule has 1 saturated heterocycles. The van der Waals surface area contributed by atoms with Crippen LogP contribution in [0.25, 0.3) is 0 Å². The molecule has 2 aliphatic heterocycles. The van der Waals surface area contributed by atoms with Gasteiger partial charge in [-0.2, -0.15) is 5.10 Å². The van der Waals surface area contributed by atoms with Crippen molar-refractivity contribution in [1.82, 2.24) is 10.7 Å². The molecule has 0 bridgehead atoms. The molecule has 0 aromatic carbocycles. The lowest BCUT2D eigenvalue weighted by atomic mass is 9.82. The lowest BCUT2D eigenvalue weighted by Gasteiger charge is -2.34. The number of fused-ring (bicyclic) bond motifs is 1. The van der Waals surface area contributed by atoms with E-state index in [2.05, 4.69) is 22.8 Å². The molecule has 0 amide bonds. The maximum atomic E-state index is 4.08. The summed E-state index contributed by atoms with van der Waals surface area (Å²) in [4.78, 5) is 0. The molecule has 0 aromatic rings. The Morgan fingerprint density at radius 3 is 3.40 bits per heavy atom. The van der Waals surface area contributed by atoms with E-state index in [4.69, 9.17) is 0 Å². The minimum Gasteiger partial charge on any atom is -0.316 e. The van der Waals surface area contributed by atoms with Gasteiger partial charge in [0.05, 0.1) is 5.54 Å². The van der Waals surface area contributed by atoms with Crippen LogP contribution in [-0.2, 0) is 0 Å². The molecule has 2 rings (SSSR count). The summed E-state index contributed by atoms with van der Waals surface area (Å²) in [6, 6.07) is 0. The quantitative estimate of drug-likeness (QED) is 0.493. The van der Waals surface area contributed by atoms with Crippen molar-refractivity contribution in [3.8, 4) is 0 Å². The smallest absolute Gasteiger partial charge is 0.0623 e. The largest absolute Gasteiger partial charge is 0.316 e. The molecule has 3 nitrogen and oxygen atoms in total. The van der Waals surface area contributed by atoms with E-state index in [0.717, 1.165) is 13.1 Å². The molecule has 2 unspecified atom stereocenters. The van der Waals surface area contributed by atoms with E-state index in [0.29, 0.717) is 5.92 Å². The number of hydrogen-bond donors (Lipinski definition) is 2. The first-order chi connectivity index (χ1) is 4.81. The van der Waals surface area contributed by atoms with Gasteiger partial charge in [0, 0.05) is 18.7 Å². The summed E-state index contributed by atoms with van der Waals surface area (Å²) in [5.41, 5.74) is 3.42. The third-order valence-corrected chi connectivity index (χ3v) is 2.58. The van der Waals surface area contributed by atoms with Crippen molar-refractivity contribution in [1.29, 1.82) is 0 Å². The Morgan fingerprint density at radius 1 is 1.70 bits per heavy atom. The normalized spacial score (nSPS) is 44.7. The highest BCUT2D eigenvalue weighted by Crippen LogP contribution is 2.25. The maximum Gasteiger partial charge on any atom is 0.0623 e. The highest BCUT2D eigenvalue weighted by Gasteiger charge is 2.38. The Hall–Kier alpha value is -0.570. The zero-order chi connectivity index (χ0) is 7.03. The van der Waals surface area contributed by atoms with Crippen molar-refractivity contribution in [3.63, 3.8) is 0 Å². The van der Waals surface area contributed by atoms with E-state index in [1.807, 2.05) is 6.21 Å². The van der Waals surface area contributed by atoms with Crippen molar-refractivity contribution in [3.05, 3.63) is 0 Å². The summed E-state index contributed by atoms with van der Waals surface area (Å²) in [5, 5.41) is 7.43. The molecular weight excluding hydrogens is 126 g/mol. The molecule has 3 heteroatoms. The Kier molecular flexibility index (Phi) is 1.20. The molecule has 2 N–H and O–H groups in total. The predicted octanol–water partition coefficient (Wildman–Crippen LogP) is -0.0564. The highest BCUT2D eigenvalue weighted by molar-refractivity contribution is 5.65. The predicted molar refractivity (Wildman–Crippen MR) is 41.0 cm³/mol. The second-order valence-corrected chi connectivity index (χ2v) is 3.37. The Morgan fingerprint density at radius 2 is 2.60 bits per heavy atom. The Labute approximate surface area is 60.9 Å². The first-order valence-corrected chi connectivity index (χ1v) is 3.82. The summed E-state index contributed by atoms with van der Waals surface area (Å²) in [5.74, 6) is 0.598. The summed E-state index contributed by atoms with van der Waals surface area (Å²) >= 11 is 0. The van der Waals surface area contributed by atoms with Gasteiger partial charge >= 0.3 is 0 Å². The maximum absolute atomic E-state index is 4.08. The van der Waals surface area contributed by atoms with Gasteiger partial charge in [-0.1, -0.05) is 0 Å². The second kappa shape index (κ2) is 1.95. The molecule has 0 aliphatic carbocycles. The van der Waals surface area contributed by atoms with Gasteiger partial charge in [0.15, 0.2) is 0 Å². The van der Waals surface area contributed by atoms with Crippen molar-refractivity contribution in [2.75, 3.05) is 13.1 Å². The summed E-state index contributed by atoms with van der Waals surface area (Å²) in [6.07, 6.45) is 3.20. The van der Waals surface area contributed by atoms with Crippen LogP contribution in [0.2, 0.25) is 0 Å². The molecule has 56 valence electrons. The molecular formula is C7H13N3. The summed E-state index contributed by atoms with van der Waals surface area (Å²) < 4.78 is 0. The number of nitrogens with one attached hydrogen (secondary N) is 2. The van der Waals surface area contributed by atoms with Crippen LogP contribution in [0.3, 0.4) is 0 Å². The van der Waals surface area contributed by atoms with Crippen LogP contribution in [0.4, 0.5) is 0 Å². The molecule has 2 heterocycles. The fraction of sp³-hybridized carbons (Fsp3) is 0.857. The van der Waals surface area contributed by atoms with Gasteiger partial charge in [0.1, 0.15) is 0 Å². The molecule has 0 spiro atoms. The minimum atomic E-state index is 0.255. The van der Waals surface area contributed by atoms with E-state index in [9.17, 15) is 0 Å². The standard InChI is InChI=1S/C7H13N3/c1-7-2-3-8-4-6(7)5-9-10-7/h5-6,8,10H,2-4H2,1H3. The van der Waals surface area contributed by atoms with E-state index >= 15 is 0 Å². The Bertz CT molecular complexity index is 166. The van der Waals surface area contributed by atoms with E-state index in [-0.39, 0.29) is 5.54 Å². The van der Waals surface area contributed by atoms with Crippen molar-refractivity contribution >= 4 is 6.21 Å². The van der Waals surface area contributed by atoms with Crippen LogP contribution < -0.4 is 10.7 Å². The molecule has 2 aliphatic rings. The lowest BCUT2D eigenvalue weighted by Crippen LogP contribution is -2.52. The topological polar surface area (TPSA) is 36.4 Å². The van der Waals surface area contributed by atoms with E-state index in [1.54, 1.807) is 0 Å². The van der Waals surface area contributed by atoms with Gasteiger partial charge in [-0.05, 0) is 19.9 Å². The van der Waals surface area contributed by atoms with Crippen LogP contribution >= 0.6 is 0 Å². The number of hydrazone groups is 1. The molecule has 1 fully saturated rings. The minimum absolute atomic E-state index is 0.255. The van der Waals surface area contributed by atoms with Crippen molar-refractivity contribution in [2.24, 2.45) is 11.0 Å². The van der Waals surface area contributed by atoms with Crippen LogP contribution in [0.15, 0.2) is 5.10 Å². The zero-order valence-corrected chi connectivity index (χ0v) is 6.22. The van der Waals surface area contributed by atoms with Gasteiger partial charge in [0.25, 0.3) is 0 Å². The zero-order valence-electron chi connectivity index (χ0n) is 6.22. The molecule has 0 radical (unpaired) electrons. The van der Waals surface area contributed by atoms with E-state index < -0.39 is 0 Å². The monoisotopic (exact) mass is 139 g/mol. The first kappa shape index (κ1) is 6.16. The van der Waals surface area contributed by atoms with Crippen LogP contribution in [0.1, 0.15) is 13.3 Å². The van der Waals surface area contributed by atoms with Gasteiger partial charge in [0.2, 0.25) is 0 Å². The van der Waals surface area contributed by atoms with Gasteiger partial charge < -0.3 is 10.7 Å². The van der Waals surface area contributed by atoms with Gasteiger partial charge in [-0.15, -0.1) is 0 Å². The van der Waals surface area contributed by atoms with Crippen molar-refractivity contribution in [2.45, 2.75) is 18.9 Å². The molecule has 0 aromatic heterocycles. The molecule has 0 saturated carbocycles. The van der Waals surface area contributed by atoms with Gasteiger partial charge in [-0.25, -0.2) is 0 Å². The van der Waals surface area contributed by atoms with Crippen LogP contribution in [0.5, 0.6) is 0 Å². The number of hydrogen-bond acceptors (Lipinski definition) is 3. The third kappa shape index (κ3) is 0.736. The molecule has 10 heavy (non-hydrogen) atoms. The number of piperidine rings is 1. The van der Waals surface area contributed by atoms with Crippen LogP contribution in [-0.4, -0.2) is 24.8 Å². The molecule has 2 atom stereocenters. The average Bonchev–Trinajstić information content (AvgIpc) is 2.29. The van der Waals surface area contributed by atoms with Gasteiger partial charge in [-0.3, -0.25) is 0 Å². The van der Waals surface area contributed by atoms with Crippen molar-refractivity contribution < 1.29 is 0 Å².